The van der Waals surface area contributed by atoms with E-state index in [0.717, 1.165) is 24.3 Å². The number of benzene rings is 4. The molecular weight excluding hydrogens is 752 g/mol. The van der Waals surface area contributed by atoms with E-state index in [1.165, 1.54) is 23.3 Å². The van der Waals surface area contributed by atoms with Crippen LogP contribution in [0.1, 0.15) is 48.3 Å². The Hall–Kier alpha value is -6.46. The summed E-state index contributed by atoms with van der Waals surface area (Å²) >= 11 is 0. The summed E-state index contributed by atoms with van der Waals surface area (Å²) in [5, 5.41) is 66.9. The van der Waals surface area contributed by atoms with E-state index in [0.29, 0.717) is 49.2 Å². The molecule has 0 aromatic heterocycles. The van der Waals surface area contributed by atoms with Gasteiger partial charge in [-0.2, -0.15) is 0 Å². The molecule has 10 N–H and O–H groups in total. The van der Waals surface area contributed by atoms with Crippen LogP contribution in [-0.4, -0.2) is 94.8 Å². The van der Waals surface area contributed by atoms with E-state index in [-0.39, 0.29) is 35.0 Å². The summed E-state index contributed by atoms with van der Waals surface area (Å²) in [5.74, 6) is -0.939. The number of amides is 2. The van der Waals surface area contributed by atoms with Gasteiger partial charge in [-0.3, -0.25) is 9.59 Å². The van der Waals surface area contributed by atoms with Crippen molar-refractivity contribution in [3.8, 4) is 23.0 Å². The van der Waals surface area contributed by atoms with Gasteiger partial charge in [0.2, 0.25) is 12.8 Å². The second kappa shape index (κ2) is 25.6. The zero-order chi connectivity index (χ0) is 43.0. The van der Waals surface area contributed by atoms with Gasteiger partial charge in [0.05, 0.1) is 37.8 Å². The number of rotatable bonds is 20. The molecule has 0 saturated carbocycles. The molecule has 0 heterocycles. The Balaban J connectivity index is 0.000000337. The zero-order valence-corrected chi connectivity index (χ0v) is 32.7. The Morgan fingerprint density at radius 3 is 1.24 bits per heavy atom. The Morgan fingerprint density at radius 2 is 0.948 bits per heavy atom. The van der Waals surface area contributed by atoms with E-state index in [4.69, 9.17) is 19.7 Å². The highest BCUT2D eigenvalue weighted by Gasteiger charge is 2.14. The molecule has 58 heavy (non-hydrogen) atoms. The van der Waals surface area contributed by atoms with Gasteiger partial charge in [-0.25, -0.2) is 9.59 Å². The van der Waals surface area contributed by atoms with Crippen LogP contribution < -0.4 is 30.7 Å². The van der Waals surface area contributed by atoms with Gasteiger partial charge < -0.3 is 61.4 Å². The average Bonchev–Trinajstić information content (AvgIpc) is 3.21. The minimum absolute atomic E-state index is 0.0381. The second-order valence-electron chi connectivity index (χ2n) is 12.8. The largest absolute Gasteiger partial charge is 0.506 e. The van der Waals surface area contributed by atoms with Crippen molar-refractivity contribution in [1.82, 2.24) is 10.6 Å². The minimum atomic E-state index is -1.26. The number of hydrogen-bond acceptors (Lipinski definition) is 12. The third-order valence-corrected chi connectivity index (χ3v) is 8.33. The molecule has 0 unspecified atom stereocenters. The summed E-state index contributed by atoms with van der Waals surface area (Å²) < 4.78 is 10.3. The van der Waals surface area contributed by atoms with Gasteiger partial charge in [0.25, 0.3) is 0 Å². The van der Waals surface area contributed by atoms with Crippen molar-refractivity contribution < 1.29 is 59.3 Å². The van der Waals surface area contributed by atoms with Gasteiger partial charge >= 0.3 is 11.9 Å². The quantitative estimate of drug-likeness (QED) is 0.0342. The van der Waals surface area contributed by atoms with Crippen LogP contribution in [0.15, 0.2) is 97.1 Å². The number of nitrogens with one attached hydrogen (secondary N) is 4. The van der Waals surface area contributed by atoms with E-state index in [1.807, 2.05) is 62.4 Å². The summed E-state index contributed by atoms with van der Waals surface area (Å²) in [6.45, 7) is 4.82. The molecule has 16 heteroatoms. The highest BCUT2D eigenvalue weighted by molar-refractivity contribution is 5.89. The topological polar surface area (TPSA) is 256 Å². The van der Waals surface area contributed by atoms with Gasteiger partial charge in [-0.15, -0.1) is 0 Å². The molecule has 0 spiro atoms. The number of phenolic OH excluding ortho intramolecular Hbond substituents is 2. The van der Waals surface area contributed by atoms with Crippen LogP contribution in [0.2, 0.25) is 0 Å². The summed E-state index contributed by atoms with van der Waals surface area (Å²) in [5.41, 5.74) is 4.14. The molecule has 4 aromatic rings. The van der Waals surface area contributed by atoms with Crippen LogP contribution in [0.3, 0.4) is 0 Å². The number of aliphatic hydroxyl groups excluding tert-OH is 2. The lowest BCUT2D eigenvalue weighted by Crippen LogP contribution is -2.32. The summed E-state index contributed by atoms with van der Waals surface area (Å²) in [6.07, 6.45) is 2.25. The van der Waals surface area contributed by atoms with Crippen LogP contribution in [0.5, 0.6) is 23.0 Å². The molecule has 0 aliphatic carbocycles. The van der Waals surface area contributed by atoms with Crippen LogP contribution in [0.4, 0.5) is 11.4 Å². The first-order valence-electron chi connectivity index (χ1n) is 18.0. The molecule has 4 aromatic carbocycles. The summed E-state index contributed by atoms with van der Waals surface area (Å²) in [7, 11) is 3.28. The fourth-order valence-corrected chi connectivity index (χ4v) is 5.26. The molecule has 0 saturated heterocycles. The molecule has 2 amide bonds. The van der Waals surface area contributed by atoms with Gasteiger partial charge in [-0.05, 0) is 97.5 Å². The highest BCUT2D eigenvalue weighted by Crippen LogP contribution is 2.28. The van der Waals surface area contributed by atoms with Crippen molar-refractivity contribution in [2.75, 3.05) is 37.9 Å². The van der Waals surface area contributed by atoms with Crippen LogP contribution in [0, 0.1) is 0 Å². The Bertz CT molecular complexity index is 1770. The number of methoxy groups -OCH3 is 2. The normalized spacial score (nSPS) is 12.6. The lowest BCUT2D eigenvalue weighted by atomic mass is 10.1. The van der Waals surface area contributed by atoms with E-state index < -0.39 is 24.1 Å². The van der Waals surface area contributed by atoms with Crippen molar-refractivity contribution in [2.24, 2.45) is 0 Å². The Labute approximate surface area is 336 Å². The molecular formula is C42H52N4O12. The summed E-state index contributed by atoms with van der Waals surface area (Å²) in [4.78, 5) is 40.2. The van der Waals surface area contributed by atoms with Gasteiger partial charge in [0.15, 0.2) is 0 Å². The first-order valence-corrected chi connectivity index (χ1v) is 18.0. The number of anilines is 2. The van der Waals surface area contributed by atoms with E-state index in [1.54, 1.807) is 38.5 Å². The lowest BCUT2D eigenvalue weighted by molar-refractivity contribution is -0.134. The zero-order valence-electron chi connectivity index (χ0n) is 32.7. The number of aromatic hydroxyl groups is 2. The number of carbonyl (C=O) groups excluding carboxylic acids is 2. The molecule has 312 valence electrons. The SMILES string of the molecule is COc1ccc(C[C@@H](C)NC[C@H](O)c2ccc(O)c(NC=O)c2)cc1.COc1ccc(C[C@@H](C)NC[C@H](O)c2ccc(O)c(NC=O)c2)cc1.O=C(O)/C=C/C(=O)O. The van der Waals surface area contributed by atoms with Gasteiger partial charge in [0.1, 0.15) is 23.0 Å². The fraction of sp³-hybridized carbons (Fsp3) is 0.286. The number of carboxylic acid groups (broad SMARTS) is 2. The smallest absolute Gasteiger partial charge is 0.328 e. The van der Waals surface area contributed by atoms with E-state index in [2.05, 4.69) is 21.3 Å². The number of carboxylic acids is 2. The van der Waals surface area contributed by atoms with Gasteiger partial charge in [0, 0.05) is 37.3 Å². The molecule has 16 nitrogen and oxygen atoms in total. The monoisotopic (exact) mass is 804 g/mol. The third-order valence-electron chi connectivity index (χ3n) is 8.33. The first-order chi connectivity index (χ1) is 27.7. The minimum Gasteiger partial charge on any atom is -0.506 e. The molecule has 0 fully saturated rings. The maximum atomic E-state index is 10.5. The van der Waals surface area contributed by atoms with Crippen molar-refractivity contribution in [3.05, 3.63) is 119 Å². The number of aliphatic hydroxyl groups is 2. The van der Waals surface area contributed by atoms with Gasteiger partial charge in [-0.1, -0.05) is 36.4 Å². The van der Waals surface area contributed by atoms with E-state index in [9.17, 15) is 39.6 Å². The highest BCUT2D eigenvalue weighted by atomic mass is 16.5. The Kier molecular flexibility index (Phi) is 21.1. The maximum Gasteiger partial charge on any atom is 0.328 e. The predicted octanol–water partition coefficient (Wildman–Crippen LogP) is 4.16. The number of ether oxygens (including phenoxy) is 2. The van der Waals surface area contributed by atoms with Crippen LogP contribution in [0.25, 0.3) is 0 Å². The fourth-order valence-electron chi connectivity index (χ4n) is 5.26. The molecule has 0 aliphatic heterocycles. The Morgan fingerprint density at radius 1 is 0.603 bits per heavy atom. The first kappa shape index (κ1) is 47.7. The van der Waals surface area contributed by atoms with Crippen molar-refractivity contribution >= 4 is 36.1 Å². The molecule has 0 radical (unpaired) electrons. The third kappa shape index (κ3) is 18.0. The maximum absolute atomic E-state index is 10.5. The predicted molar refractivity (Wildman–Crippen MR) is 218 cm³/mol. The van der Waals surface area contributed by atoms with Crippen LogP contribution in [-0.2, 0) is 32.0 Å². The summed E-state index contributed by atoms with van der Waals surface area (Å²) in [6, 6.07) is 25.4. The van der Waals surface area contributed by atoms with E-state index >= 15 is 0 Å². The number of phenols is 2. The average molecular weight is 805 g/mol. The number of carbonyl (C=O) groups is 4. The van der Waals surface area contributed by atoms with Crippen molar-refractivity contribution in [2.45, 2.75) is 51.0 Å². The number of hydrogen-bond donors (Lipinski definition) is 10. The lowest BCUT2D eigenvalue weighted by Gasteiger charge is -2.18. The second-order valence-corrected chi connectivity index (χ2v) is 12.8. The molecule has 0 bridgehead atoms. The van der Waals surface area contributed by atoms with Crippen molar-refractivity contribution in [3.63, 3.8) is 0 Å². The van der Waals surface area contributed by atoms with Crippen molar-refractivity contribution in [1.29, 1.82) is 0 Å². The molecule has 0 aliphatic rings. The number of aliphatic carboxylic acids is 2. The standard InChI is InChI=1S/2C19H24N2O4.C4H4O4/c2*1-13(9-14-3-6-16(25-2)7-4-14)20-11-19(24)15-5-8-18(23)17(10-15)21-12-22;5-3(6)1-2-4(7)8/h2*3-8,10,12-13,19-20,23-24H,9,11H2,1-2H3,(H,21,22);1-2H,(H,5,6)(H,7,8)/b;;2-1+/t2*13-,19+;/m11./s1. The molecule has 4 atom stereocenters. The molecule has 4 rings (SSSR count). The van der Waals surface area contributed by atoms with Crippen LogP contribution >= 0.6 is 0 Å².